The van der Waals surface area contributed by atoms with Gasteiger partial charge in [-0.3, -0.25) is 0 Å². The summed E-state index contributed by atoms with van der Waals surface area (Å²) in [6.45, 7) is 0.573. The number of carbonyl (C=O) groups excluding carboxylic acids is 1. The molecule has 5 nitrogen and oxygen atoms in total. The number of benzene rings is 2. The van der Waals surface area contributed by atoms with E-state index in [9.17, 15) is 4.79 Å². The van der Waals surface area contributed by atoms with Crippen LogP contribution in [-0.2, 0) is 16.1 Å². The van der Waals surface area contributed by atoms with Gasteiger partial charge in [-0.05, 0) is 23.3 Å². The van der Waals surface area contributed by atoms with Crippen LogP contribution in [0.15, 0.2) is 54.6 Å². The molecule has 0 radical (unpaired) electrons. The summed E-state index contributed by atoms with van der Waals surface area (Å²) >= 11 is 0. The monoisotopic (exact) mass is 315 g/mol. The summed E-state index contributed by atoms with van der Waals surface area (Å²) < 4.78 is 15.7. The highest BCUT2D eigenvalue weighted by Gasteiger charge is 2.12. The molecule has 0 unspecified atom stereocenters. The van der Waals surface area contributed by atoms with Gasteiger partial charge in [-0.1, -0.05) is 42.5 Å². The number of nitrogens with one attached hydrogen (secondary N) is 1. The Bertz CT molecular complexity index is 598. The number of hydrogen-bond acceptors (Lipinski definition) is 4. The molecule has 122 valence electrons. The predicted octanol–water partition coefficient (Wildman–Crippen LogP) is 3.31. The molecule has 0 aliphatic heterocycles. The molecule has 0 spiro atoms. The third kappa shape index (κ3) is 5.30. The van der Waals surface area contributed by atoms with Gasteiger partial charge in [0.15, 0.2) is 0 Å². The SMILES string of the molecule is COc1ccc([C@@H](CNC(=O)OCc2ccccc2)OC)cc1. The third-order valence-corrected chi connectivity index (χ3v) is 3.42. The molecular formula is C18H21NO4. The molecule has 0 heterocycles. The number of amides is 1. The van der Waals surface area contributed by atoms with E-state index in [1.807, 2.05) is 54.6 Å². The fraction of sp³-hybridized carbons (Fsp3) is 0.278. The van der Waals surface area contributed by atoms with Crippen LogP contribution in [0.5, 0.6) is 5.75 Å². The molecule has 1 atom stereocenters. The summed E-state index contributed by atoms with van der Waals surface area (Å²) in [5.74, 6) is 0.777. The smallest absolute Gasteiger partial charge is 0.407 e. The number of rotatable bonds is 7. The Hall–Kier alpha value is -2.53. The van der Waals surface area contributed by atoms with E-state index in [-0.39, 0.29) is 12.7 Å². The zero-order chi connectivity index (χ0) is 16.5. The van der Waals surface area contributed by atoms with Gasteiger partial charge in [0.1, 0.15) is 12.4 Å². The predicted molar refractivity (Wildman–Crippen MR) is 87.4 cm³/mol. The molecule has 23 heavy (non-hydrogen) atoms. The van der Waals surface area contributed by atoms with Gasteiger partial charge in [0.2, 0.25) is 0 Å². The number of hydrogen-bond donors (Lipinski definition) is 1. The molecule has 0 aliphatic rings. The van der Waals surface area contributed by atoms with Crippen LogP contribution in [0.1, 0.15) is 17.2 Å². The van der Waals surface area contributed by atoms with E-state index >= 15 is 0 Å². The van der Waals surface area contributed by atoms with E-state index in [2.05, 4.69) is 5.32 Å². The van der Waals surface area contributed by atoms with Gasteiger partial charge >= 0.3 is 6.09 Å². The second-order valence-corrected chi connectivity index (χ2v) is 4.94. The van der Waals surface area contributed by atoms with Crippen molar-refractivity contribution in [1.82, 2.24) is 5.32 Å². The third-order valence-electron chi connectivity index (χ3n) is 3.42. The maximum Gasteiger partial charge on any atom is 0.407 e. The normalized spacial score (nSPS) is 11.6. The van der Waals surface area contributed by atoms with Crippen molar-refractivity contribution < 1.29 is 19.0 Å². The Morgan fingerprint density at radius 1 is 1.04 bits per heavy atom. The average Bonchev–Trinajstić information content (AvgIpc) is 2.62. The van der Waals surface area contributed by atoms with Crippen LogP contribution < -0.4 is 10.1 Å². The van der Waals surface area contributed by atoms with Gasteiger partial charge in [-0.25, -0.2) is 4.79 Å². The topological polar surface area (TPSA) is 56.8 Å². The molecule has 5 heteroatoms. The van der Waals surface area contributed by atoms with E-state index in [1.165, 1.54) is 0 Å². The summed E-state index contributed by atoms with van der Waals surface area (Å²) in [6.07, 6.45) is -0.713. The van der Waals surface area contributed by atoms with Crippen molar-refractivity contribution >= 4 is 6.09 Å². The molecule has 0 fully saturated rings. The number of carbonyl (C=O) groups is 1. The molecule has 2 aromatic carbocycles. The Kier molecular flexibility index (Phi) is 6.44. The van der Waals surface area contributed by atoms with Crippen LogP contribution in [-0.4, -0.2) is 26.9 Å². The Morgan fingerprint density at radius 3 is 2.35 bits per heavy atom. The van der Waals surface area contributed by atoms with Crippen LogP contribution in [0.2, 0.25) is 0 Å². The van der Waals surface area contributed by atoms with Crippen molar-refractivity contribution in [3.8, 4) is 5.75 Å². The van der Waals surface area contributed by atoms with Crippen LogP contribution in [0.25, 0.3) is 0 Å². The molecule has 0 bridgehead atoms. The van der Waals surface area contributed by atoms with Gasteiger partial charge in [-0.2, -0.15) is 0 Å². The van der Waals surface area contributed by atoms with E-state index in [4.69, 9.17) is 14.2 Å². The minimum absolute atomic E-state index is 0.243. The lowest BCUT2D eigenvalue weighted by atomic mass is 10.1. The fourth-order valence-electron chi connectivity index (χ4n) is 2.11. The van der Waals surface area contributed by atoms with Crippen molar-refractivity contribution in [2.75, 3.05) is 20.8 Å². The lowest BCUT2D eigenvalue weighted by molar-refractivity contribution is 0.0931. The molecule has 2 rings (SSSR count). The van der Waals surface area contributed by atoms with Gasteiger partial charge in [0, 0.05) is 7.11 Å². The van der Waals surface area contributed by atoms with Crippen molar-refractivity contribution in [3.05, 3.63) is 65.7 Å². The molecule has 0 aromatic heterocycles. The molecule has 2 aromatic rings. The minimum atomic E-state index is -0.468. The van der Waals surface area contributed by atoms with Gasteiger partial charge < -0.3 is 19.5 Å². The summed E-state index contributed by atoms with van der Waals surface area (Å²) in [7, 11) is 3.22. The van der Waals surface area contributed by atoms with Gasteiger partial charge in [0.25, 0.3) is 0 Å². The first-order chi connectivity index (χ1) is 11.2. The first-order valence-corrected chi connectivity index (χ1v) is 7.34. The van der Waals surface area contributed by atoms with Crippen LogP contribution in [0.3, 0.4) is 0 Å². The lowest BCUT2D eigenvalue weighted by Crippen LogP contribution is -2.29. The van der Waals surface area contributed by atoms with Crippen LogP contribution in [0.4, 0.5) is 4.79 Å². The van der Waals surface area contributed by atoms with Crippen molar-refractivity contribution in [2.45, 2.75) is 12.7 Å². The molecule has 0 saturated heterocycles. The first kappa shape index (κ1) is 16.8. The zero-order valence-electron chi connectivity index (χ0n) is 13.3. The van der Waals surface area contributed by atoms with Crippen LogP contribution in [0, 0.1) is 0 Å². The first-order valence-electron chi connectivity index (χ1n) is 7.34. The molecule has 1 amide bonds. The quantitative estimate of drug-likeness (QED) is 0.851. The summed E-state index contributed by atoms with van der Waals surface area (Å²) in [6, 6.07) is 17.1. The molecular weight excluding hydrogens is 294 g/mol. The van der Waals surface area contributed by atoms with Gasteiger partial charge in [-0.15, -0.1) is 0 Å². The number of ether oxygens (including phenoxy) is 3. The van der Waals surface area contributed by atoms with E-state index in [0.29, 0.717) is 6.54 Å². The Labute approximate surface area is 136 Å². The second-order valence-electron chi connectivity index (χ2n) is 4.94. The van der Waals surface area contributed by atoms with E-state index in [0.717, 1.165) is 16.9 Å². The Morgan fingerprint density at radius 2 is 1.74 bits per heavy atom. The summed E-state index contributed by atoms with van der Waals surface area (Å²) in [4.78, 5) is 11.8. The highest BCUT2D eigenvalue weighted by atomic mass is 16.5. The van der Waals surface area contributed by atoms with Gasteiger partial charge in [0.05, 0.1) is 19.8 Å². The number of methoxy groups -OCH3 is 2. The summed E-state index contributed by atoms with van der Waals surface area (Å²) in [5, 5.41) is 2.71. The van der Waals surface area contributed by atoms with Crippen LogP contribution >= 0.6 is 0 Å². The number of alkyl carbamates (subject to hydrolysis) is 1. The maximum absolute atomic E-state index is 11.8. The summed E-state index contributed by atoms with van der Waals surface area (Å²) in [5.41, 5.74) is 1.90. The molecule has 0 aliphatic carbocycles. The van der Waals surface area contributed by atoms with Crippen molar-refractivity contribution in [1.29, 1.82) is 0 Å². The lowest BCUT2D eigenvalue weighted by Gasteiger charge is -2.17. The standard InChI is InChI=1S/C18H21NO4/c1-21-16-10-8-15(9-11-16)17(22-2)12-19-18(20)23-13-14-6-4-3-5-7-14/h3-11,17H,12-13H2,1-2H3,(H,19,20)/t17-/m1/s1. The average molecular weight is 315 g/mol. The van der Waals surface area contributed by atoms with Crippen molar-refractivity contribution in [2.24, 2.45) is 0 Å². The molecule has 1 N–H and O–H groups in total. The highest BCUT2D eigenvalue weighted by Crippen LogP contribution is 2.19. The minimum Gasteiger partial charge on any atom is -0.497 e. The second kappa shape index (κ2) is 8.80. The molecule has 0 saturated carbocycles. The fourth-order valence-corrected chi connectivity index (χ4v) is 2.11. The maximum atomic E-state index is 11.8. The zero-order valence-corrected chi connectivity index (χ0v) is 13.3. The van der Waals surface area contributed by atoms with Crippen molar-refractivity contribution in [3.63, 3.8) is 0 Å². The van der Waals surface area contributed by atoms with E-state index in [1.54, 1.807) is 14.2 Å². The van der Waals surface area contributed by atoms with E-state index < -0.39 is 6.09 Å². The Balaban J connectivity index is 1.81. The largest absolute Gasteiger partial charge is 0.497 e. The highest BCUT2D eigenvalue weighted by molar-refractivity contribution is 5.67.